The third-order valence-corrected chi connectivity index (χ3v) is 6.32. The van der Waals surface area contributed by atoms with E-state index in [1.807, 2.05) is 19.1 Å². The molecular weight excluding hydrogens is 418 g/mol. The lowest BCUT2D eigenvalue weighted by Gasteiger charge is -2.36. The number of imide groups is 1. The van der Waals surface area contributed by atoms with Crippen molar-refractivity contribution in [1.82, 2.24) is 10.2 Å². The summed E-state index contributed by atoms with van der Waals surface area (Å²) in [5, 5.41) is 6.07. The summed E-state index contributed by atoms with van der Waals surface area (Å²) in [4.78, 5) is 38.9. The fourth-order valence-electron chi connectivity index (χ4n) is 4.24. The largest absolute Gasteiger partial charge is 0.456 e. The smallest absolute Gasteiger partial charge is 0.325 e. The molecule has 0 bridgehead atoms. The van der Waals surface area contributed by atoms with E-state index in [2.05, 4.69) is 10.6 Å². The number of anilines is 1. The SMILES string of the molecule is CC1CCCCC12NC(=O)N(CC(=O)Nc1ccc(Oc3ccccc3Cl)cc1)C2=O. The minimum atomic E-state index is -0.868. The van der Waals surface area contributed by atoms with Crippen LogP contribution in [0.3, 0.4) is 0 Å². The van der Waals surface area contributed by atoms with Crippen LogP contribution in [0.25, 0.3) is 0 Å². The topological polar surface area (TPSA) is 87.7 Å². The minimum Gasteiger partial charge on any atom is -0.456 e. The zero-order valence-electron chi connectivity index (χ0n) is 17.2. The average Bonchev–Trinajstić information content (AvgIpc) is 2.98. The van der Waals surface area contributed by atoms with Crippen LogP contribution in [-0.2, 0) is 9.59 Å². The molecule has 2 aliphatic rings. The Morgan fingerprint density at radius 1 is 1.19 bits per heavy atom. The number of benzene rings is 2. The first-order valence-corrected chi connectivity index (χ1v) is 10.7. The van der Waals surface area contributed by atoms with Crippen LogP contribution in [0.5, 0.6) is 11.5 Å². The number of carbonyl (C=O) groups is 3. The quantitative estimate of drug-likeness (QED) is 0.665. The third kappa shape index (κ3) is 4.23. The maximum atomic E-state index is 13.0. The fraction of sp³-hybridized carbons (Fsp3) is 0.348. The van der Waals surface area contributed by atoms with Crippen molar-refractivity contribution in [1.29, 1.82) is 0 Å². The second kappa shape index (κ2) is 8.59. The van der Waals surface area contributed by atoms with Gasteiger partial charge in [0.1, 0.15) is 23.6 Å². The van der Waals surface area contributed by atoms with E-state index in [4.69, 9.17) is 16.3 Å². The Bertz CT molecular complexity index is 1010. The molecule has 1 spiro atoms. The molecule has 0 radical (unpaired) electrons. The molecule has 2 unspecified atom stereocenters. The van der Waals surface area contributed by atoms with Crippen molar-refractivity contribution in [2.75, 3.05) is 11.9 Å². The number of hydrogen-bond acceptors (Lipinski definition) is 4. The summed E-state index contributed by atoms with van der Waals surface area (Å²) < 4.78 is 5.73. The Kier molecular flexibility index (Phi) is 5.87. The van der Waals surface area contributed by atoms with Crippen molar-refractivity contribution in [2.45, 2.75) is 38.1 Å². The molecule has 1 saturated heterocycles. The molecule has 1 heterocycles. The van der Waals surface area contributed by atoms with Gasteiger partial charge in [0.15, 0.2) is 0 Å². The van der Waals surface area contributed by atoms with E-state index in [1.165, 1.54) is 0 Å². The zero-order chi connectivity index (χ0) is 22.0. The molecule has 2 aromatic rings. The van der Waals surface area contributed by atoms with Crippen LogP contribution in [0, 0.1) is 5.92 Å². The molecule has 2 atom stereocenters. The zero-order valence-corrected chi connectivity index (χ0v) is 17.9. The number of nitrogens with one attached hydrogen (secondary N) is 2. The van der Waals surface area contributed by atoms with Crippen molar-refractivity contribution in [3.63, 3.8) is 0 Å². The van der Waals surface area contributed by atoms with Crippen LogP contribution in [0.1, 0.15) is 32.6 Å². The highest BCUT2D eigenvalue weighted by atomic mass is 35.5. The molecule has 2 fully saturated rings. The normalized spacial score (nSPS) is 23.0. The molecule has 4 rings (SSSR count). The lowest BCUT2D eigenvalue weighted by Crippen LogP contribution is -2.54. The van der Waals surface area contributed by atoms with Gasteiger partial charge < -0.3 is 15.4 Å². The molecule has 8 heteroatoms. The Morgan fingerprint density at radius 3 is 2.65 bits per heavy atom. The first-order chi connectivity index (χ1) is 14.9. The van der Waals surface area contributed by atoms with Gasteiger partial charge >= 0.3 is 6.03 Å². The Balaban J connectivity index is 1.37. The van der Waals surface area contributed by atoms with Gasteiger partial charge in [-0.05, 0) is 55.2 Å². The average molecular weight is 442 g/mol. The van der Waals surface area contributed by atoms with E-state index < -0.39 is 17.5 Å². The molecule has 1 aliphatic heterocycles. The van der Waals surface area contributed by atoms with E-state index in [0.717, 1.165) is 24.2 Å². The molecule has 31 heavy (non-hydrogen) atoms. The molecule has 7 nitrogen and oxygen atoms in total. The van der Waals surface area contributed by atoms with Crippen LogP contribution in [-0.4, -0.2) is 34.8 Å². The van der Waals surface area contributed by atoms with E-state index in [1.54, 1.807) is 36.4 Å². The van der Waals surface area contributed by atoms with E-state index in [-0.39, 0.29) is 18.4 Å². The standard InChI is InChI=1S/C23H24ClN3O4/c1-15-6-4-5-13-23(15)21(29)27(22(30)26-23)14-20(28)25-16-9-11-17(12-10-16)31-19-8-3-2-7-18(19)24/h2-3,7-12,15H,4-6,13-14H2,1H3,(H,25,28)(H,26,30). The van der Waals surface area contributed by atoms with Gasteiger partial charge in [-0.3, -0.25) is 14.5 Å². The van der Waals surface area contributed by atoms with E-state index in [0.29, 0.717) is 28.6 Å². The third-order valence-electron chi connectivity index (χ3n) is 6.01. The van der Waals surface area contributed by atoms with Gasteiger partial charge in [-0.1, -0.05) is 43.5 Å². The molecule has 162 valence electrons. The monoisotopic (exact) mass is 441 g/mol. The summed E-state index contributed by atoms with van der Waals surface area (Å²) in [7, 11) is 0. The predicted octanol–water partition coefficient (Wildman–Crippen LogP) is 4.57. The first kappa shape index (κ1) is 21.2. The number of nitrogens with zero attached hydrogens (tertiary/aromatic N) is 1. The molecule has 1 aliphatic carbocycles. The van der Waals surface area contributed by atoms with Crippen LogP contribution in [0.2, 0.25) is 5.02 Å². The fourth-order valence-corrected chi connectivity index (χ4v) is 4.42. The van der Waals surface area contributed by atoms with Gasteiger partial charge in [-0.25, -0.2) is 4.79 Å². The number of hydrogen-bond donors (Lipinski definition) is 2. The molecular formula is C23H24ClN3O4. The molecule has 2 N–H and O–H groups in total. The molecule has 4 amide bonds. The van der Waals surface area contributed by atoms with Crippen LogP contribution < -0.4 is 15.4 Å². The first-order valence-electron chi connectivity index (χ1n) is 10.4. The van der Waals surface area contributed by atoms with Crippen molar-refractivity contribution in [3.05, 3.63) is 53.6 Å². The maximum absolute atomic E-state index is 13.0. The van der Waals surface area contributed by atoms with Crippen LogP contribution in [0.4, 0.5) is 10.5 Å². The minimum absolute atomic E-state index is 0.0522. The van der Waals surface area contributed by atoms with Gasteiger partial charge in [0.2, 0.25) is 5.91 Å². The number of ether oxygens (including phenoxy) is 1. The lowest BCUT2D eigenvalue weighted by molar-refractivity contribution is -0.136. The summed E-state index contributed by atoms with van der Waals surface area (Å²) in [6, 6.07) is 13.4. The van der Waals surface area contributed by atoms with Crippen molar-refractivity contribution >= 4 is 35.1 Å². The van der Waals surface area contributed by atoms with Gasteiger partial charge in [-0.2, -0.15) is 0 Å². The summed E-state index contributed by atoms with van der Waals surface area (Å²) in [6.07, 6.45) is 3.43. The van der Waals surface area contributed by atoms with Gasteiger partial charge in [0.05, 0.1) is 5.02 Å². The Hall–Kier alpha value is -3.06. The number of halogens is 1. The van der Waals surface area contributed by atoms with Crippen molar-refractivity contribution in [3.8, 4) is 11.5 Å². The Labute approximate surface area is 185 Å². The second-order valence-corrected chi connectivity index (χ2v) is 8.45. The van der Waals surface area contributed by atoms with Crippen molar-refractivity contribution < 1.29 is 19.1 Å². The number of amides is 4. The maximum Gasteiger partial charge on any atom is 0.325 e. The van der Waals surface area contributed by atoms with E-state index in [9.17, 15) is 14.4 Å². The highest BCUT2D eigenvalue weighted by Crippen LogP contribution is 2.38. The number of carbonyl (C=O) groups excluding carboxylic acids is 3. The highest BCUT2D eigenvalue weighted by Gasteiger charge is 2.55. The van der Waals surface area contributed by atoms with Crippen molar-refractivity contribution in [2.24, 2.45) is 5.92 Å². The lowest BCUT2D eigenvalue weighted by atomic mass is 9.73. The molecule has 2 aromatic carbocycles. The summed E-state index contributed by atoms with van der Waals surface area (Å²) in [5.74, 6) is 0.405. The van der Waals surface area contributed by atoms with Gasteiger partial charge in [0.25, 0.3) is 5.91 Å². The van der Waals surface area contributed by atoms with Crippen LogP contribution in [0.15, 0.2) is 48.5 Å². The predicted molar refractivity (Wildman–Crippen MR) is 117 cm³/mol. The number of para-hydroxylation sites is 1. The summed E-state index contributed by atoms with van der Waals surface area (Å²) >= 11 is 6.09. The molecule has 1 saturated carbocycles. The number of rotatable bonds is 5. The highest BCUT2D eigenvalue weighted by molar-refractivity contribution is 6.32. The number of urea groups is 1. The Morgan fingerprint density at radius 2 is 1.94 bits per heavy atom. The second-order valence-electron chi connectivity index (χ2n) is 8.04. The molecule has 0 aromatic heterocycles. The van der Waals surface area contributed by atoms with Gasteiger partial charge in [0, 0.05) is 5.69 Å². The van der Waals surface area contributed by atoms with Crippen LogP contribution >= 0.6 is 11.6 Å². The summed E-state index contributed by atoms with van der Waals surface area (Å²) in [6.45, 7) is 1.66. The summed E-state index contributed by atoms with van der Waals surface area (Å²) in [5.41, 5.74) is -0.336. The van der Waals surface area contributed by atoms with Gasteiger partial charge in [-0.15, -0.1) is 0 Å². The van der Waals surface area contributed by atoms with E-state index >= 15 is 0 Å².